The molecule has 2 amide bonds. The van der Waals surface area contributed by atoms with Crippen molar-refractivity contribution in [3.05, 3.63) is 89.5 Å². The van der Waals surface area contributed by atoms with Crippen molar-refractivity contribution in [1.29, 1.82) is 0 Å². The molecular formula is C25H26N4O5. The van der Waals surface area contributed by atoms with Crippen molar-refractivity contribution < 1.29 is 23.9 Å². The van der Waals surface area contributed by atoms with E-state index in [1.807, 2.05) is 60.7 Å². The average molecular weight is 463 g/mol. The van der Waals surface area contributed by atoms with Gasteiger partial charge in [-0.1, -0.05) is 60.7 Å². The first-order chi connectivity index (χ1) is 16.5. The summed E-state index contributed by atoms with van der Waals surface area (Å²) in [7, 11) is 0. The number of carbonyl (C=O) groups is 3. The standard InChI is InChI=1S/C25H26N4O5/c1-16(27-20-13-21(30)34-25(20)33-15-18-10-6-3-7-11-18)23(31)29-24(32)22-26-14-19(28-22)12-17-8-4-2-5-9-17/h2-11,14,16,20,25,27H,12-13,15H2,1H3,(H,26,28)(H,29,31,32)/t16-,20?,25?/m0/s1. The smallest absolute Gasteiger partial charge is 0.309 e. The zero-order chi connectivity index (χ0) is 23.9. The van der Waals surface area contributed by atoms with E-state index in [-0.39, 0.29) is 18.9 Å². The Morgan fingerprint density at radius 1 is 1.12 bits per heavy atom. The molecule has 9 heteroatoms. The Hall–Kier alpha value is -3.82. The lowest BCUT2D eigenvalue weighted by Crippen LogP contribution is -2.50. The second-order valence-electron chi connectivity index (χ2n) is 8.09. The Kier molecular flexibility index (Phi) is 7.46. The van der Waals surface area contributed by atoms with E-state index in [0.717, 1.165) is 16.8 Å². The largest absolute Gasteiger partial charge is 0.434 e. The number of hydrogen-bond acceptors (Lipinski definition) is 7. The van der Waals surface area contributed by atoms with Gasteiger partial charge in [-0.3, -0.25) is 25.0 Å². The van der Waals surface area contributed by atoms with Crippen LogP contribution in [0.3, 0.4) is 0 Å². The van der Waals surface area contributed by atoms with Crippen LogP contribution in [0, 0.1) is 0 Å². The van der Waals surface area contributed by atoms with E-state index in [1.165, 1.54) is 0 Å². The van der Waals surface area contributed by atoms with Crippen LogP contribution >= 0.6 is 0 Å². The maximum Gasteiger partial charge on any atom is 0.309 e. The van der Waals surface area contributed by atoms with Gasteiger partial charge in [0.05, 0.1) is 25.1 Å². The van der Waals surface area contributed by atoms with E-state index in [0.29, 0.717) is 6.42 Å². The second kappa shape index (κ2) is 10.9. The zero-order valence-corrected chi connectivity index (χ0v) is 18.7. The summed E-state index contributed by atoms with van der Waals surface area (Å²) in [6.45, 7) is 1.86. The molecule has 1 aromatic heterocycles. The first-order valence-electron chi connectivity index (χ1n) is 11.0. The number of esters is 1. The molecule has 3 aromatic rings. The van der Waals surface area contributed by atoms with E-state index < -0.39 is 36.2 Å². The Morgan fingerprint density at radius 3 is 2.50 bits per heavy atom. The Balaban J connectivity index is 1.28. The van der Waals surface area contributed by atoms with Gasteiger partial charge in [0.15, 0.2) is 5.82 Å². The van der Waals surface area contributed by atoms with Crippen molar-refractivity contribution in [3.8, 4) is 0 Å². The summed E-state index contributed by atoms with van der Waals surface area (Å²) < 4.78 is 11.0. The van der Waals surface area contributed by atoms with Crippen LogP contribution in [0.4, 0.5) is 0 Å². The first kappa shape index (κ1) is 23.3. The molecule has 0 saturated carbocycles. The molecule has 2 heterocycles. The number of hydrogen-bond donors (Lipinski definition) is 3. The highest BCUT2D eigenvalue weighted by Gasteiger charge is 2.37. The third kappa shape index (κ3) is 6.15. The normalized spacial score (nSPS) is 18.3. The molecule has 0 bridgehead atoms. The van der Waals surface area contributed by atoms with Gasteiger partial charge in [0.25, 0.3) is 5.91 Å². The highest BCUT2D eigenvalue weighted by Crippen LogP contribution is 2.19. The van der Waals surface area contributed by atoms with Crippen molar-refractivity contribution in [2.45, 2.75) is 44.7 Å². The number of imide groups is 1. The highest BCUT2D eigenvalue weighted by molar-refractivity contribution is 6.04. The maximum atomic E-state index is 12.6. The predicted octanol–water partition coefficient (Wildman–Crippen LogP) is 2.09. The summed E-state index contributed by atoms with van der Waals surface area (Å²) in [4.78, 5) is 43.9. The molecule has 3 N–H and O–H groups in total. The number of aromatic amines is 1. The van der Waals surface area contributed by atoms with Gasteiger partial charge in [0, 0.05) is 18.3 Å². The van der Waals surface area contributed by atoms with Crippen LogP contribution in [-0.4, -0.2) is 46.1 Å². The number of H-pyrrole nitrogens is 1. The van der Waals surface area contributed by atoms with Crippen molar-refractivity contribution in [1.82, 2.24) is 20.6 Å². The molecule has 4 rings (SSSR count). The summed E-state index contributed by atoms with van der Waals surface area (Å²) in [6, 6.07) is 18.0. The number of rotatable bonds is 9. The van der Waals surface area contributed by atoms with E-state index in [9.17, 15) is 14.4 Å². The third-order valence-electron chi connectivity index (χ3n) is 5.39. The Bertz CT molecular complexity index is 1130. The van der Waals surface area contributed by atoms with Gasteiger partial charge < -0.3 is 14.5 Å². The van der Waals surface area contributed by atoms with Gasteiger partial charge in [0.2, 0.25) is 12.2 Å². The summed E-state index contributed by atoms with van der Waals surface area (Å²) in [5.74, 6) is -1.54. The number of nitrogens with zero attached hydrogens (tertiary/aromatic N) is 1. The lowest BCUT2D eigenvalue weighted by atomic mass is 10.1. The zero-order valence-electron chi connectivity index (χ0n) is 18.7. The third-order valence-corrected chi connectivity index (χ3v) is 5.39. The number of aromatic nitrogens is 2. The molecule has 3 atom stereocenters. The fourth-order valence-electron chi connectivity index (χ4n) is 3.63. The molecule has 34 heavy (non-hydrogen) atoms. The highest BCUT2D eigenvalue weighted by atomic mass is 16.7. The van der Waals surface area contributed by atoms with Gasteiger partial charge in [0.1, 0.15) is 0 Å². The van der Waals surface area contributed by atoms with E-state index in [4.69, 9.17) is 9.47 Å². The van der Waals surface area contributed by atoms with Crippen LogP contribution in [-0.2, 0) is 32.1 Å². The van der Waals surface area contributed by atoms with Crippen LogP contribution in [0.15, 0.2) is 66.9 Å². The average Bonchev–Trinajstić information content (AvgIpc) is 3.45. The Morgan fingerprint density at radius 2 is 1.79 bits per heavy atom. The van der Waals surface area contributed by atoms with Crippen LogP contribution < -0.4 is 10.6 Å². The van der Waals surface area contributed by atoms with Gasteiger partial charge >= 0.3 is 5.97 Å². The quantitative estimate of drug-likeness (QED) is 0.416. The molecular weight excluding hydrogens is 436 g/mol. The van der Waals surface area contributed by atoms with Crippen LogP contribution in [0.2, 0.25) is 0 Å². The number of nitrogens with one attached hydrogen (secondary N) is 3. The van der Waals surface area contributed by atoms with Gasteiger partial charge in [-0.2, -0.15) is 0 Å². The van der Waals surface area contributed by atoms with Gasteiger partial charge in [-0.25, -0.2) is 4.98 Å². The minimum absolute atomic E-state index is 0.0509. The molecule has 0 spiro atoms. The number of amides is 2. The lowest BCUT2D eigenvalue weighted by Gasteiger charge is -2.22. The fourth-order valence-corrected chi connectivity index (χ4v) is 3.63. The van der Waals surface area contributed by atoms with Gasteiger partial charge in [-0.05, 0) is 18.1 Å². The minimum atomic E-state index is -0.829. The summed E-state index contributed by atoms with van der Waals surface area (Å²) in [5, 5.41) is 5.35. The number of carbonyl (C=O) groups excluding carboxylic acids is 3. The minimum Gasteiger partial charge on any atom is -0.434 e. The van der Waals surface area contributed by atoms with Crippen molar-refractivity contribution in [2.24, 2.45) is 0 Å². The van der Waals surface area contributed by atoms with Crippen molar-refractivity contribution in [2.75, 3.05) is 0 Å². The van der Waals surface area contributed by atoms with E-state index in [1.54, 1.807) is 13.1 Å². The molecule has 1 fully saturated rings. The Labute approximate surface area is 196 Å². The topological polar surface area (TPSA) is 122 Å². The number of ether oxygens (including phenoxy) is 2. The molecule has 1 saturated heterocycles. The molecule has 9 nitrogen and oxygen atoms in total. The van der Waals surface area contributed by atoms with Crippen LogP contribution in [0.1, 0.15) is 40.8 Å². The molecule has 1 aliphatic rings. The van der Waals surface area contributed by atoms with Gasteiger partial charge in [-0.15, -0.1) is 0 Å². The molecule has 1 aliphatic heterocycles. The first-order valence-corrected chi connectivity index (χ1v) is 11.0. The summed E-state index contributed by atoms with van der Waals surface area (Å²) in [6.07, 6.45) is 1.40. The number of benzene rings is 2. The van der Waals surface area contributed by atoms with Crippen LogP contribution in [0.25, 0.3) is 0 Å². The van der Waals surface area contributed by atoms with E-state index >= 15 is 0 Å². The predicted molar refractivity (Wildman–Crippen MR) is 122 cm³/mol. The van der Waals surface area contributed by atoms with Crippen LogP contribution in [0.5, 0.6) is 0 Å². The molecule has 0 radical (unpaired) electrons. The number of imidazole rings is 1. The number of cyclic esters (lactones) is 1. The van der Waals surface area contributed by atoms with Crippen molar-refractivity contribution in [3.63, 3.8) is 0 Å². The molecule has 0 aliphatic carbocycles. The molecule has 2 aromatic carbocycles. The fraction of sp³-hybridized carbons (Fsp3) is 0.280. The molecule has 176 valence electrons. The SMILES string of the molecule is C[C@H](NC1CC(=O)OC1OCc1ccccc1)C(=O)NC(=O)c1ncc(Cc2ccccc2)[nH]1. The molecule has 2 unspecified atom stereocenters. The summed E-state index contributed by atoms with van der Waals surface area (Å²) in [5.41, 5.74) is 2.77. The van der Waals surface area contributed by atoms with Crippen molar-refractivity contribution >= 4 is 17.8 Å². The summed E-state index contributed by atoms with van der Waals surface area (Å²) >= 11 is 0. The second-order valence-corrected chi connectivity index (χ2v) is 8.09. The monoisotopic (exact) mass is 462 g/mol. The lowest BCUT2D eigenvalue weighted by molar-refractivity contribution is -0.167. The maximum absolute atomic E-state index is 12.6. The van der Waals surface area contributed by atoms with E-state index in [2.05, 4.69) is 20.6 Å².